The van der Waals surface area contributed by atoms with Crippen molar-refractivity contribution in [2.75, 3.05) is 5.32 Å². The minimum Gasteiger partial charge on any atom is -0.347 e. The molecule has 1 aromatic heterocycles. The molecule has 0 radical (unpaired) electrons. The number of aromatic nitrogens is 1. The minimum absolute atomic E-state index is 0.0726. The lowest BCUT2D eigenvalue weighted by atomic mass is 9.98. The van der Waals surface area contributed by atoms with E-state index in [1.807, 2.05) is 11.5 Å². The van der Waals surface area contributed by atoms with Gasteiger partial charge < -0.3 is 9.88 Å². The highest BCUT2D eigenvalue weighted by Gasteiger charge is 2.32. The monoisotopic (exact) mass is 498 g/mol. The molecule has 168 valence electrons. The van der Waals surface area contributed by atoms with Crippen molar-refractivity contribution in [3.8, 4) is 0 Å². The molecule has 0 bridgehead atoms. The van der Waals surface area contributed by atoms with Crippen molar-refractivity contribution < 1.29 is 18.0 Å². The van der Waals surface area contributed by atoms with E-state index in [2.05, 4.69) is 21.2 Å². The zero-order valence-electron chi connectivity index (χ0n) is 17.9. The summed E-state index contributed by atoms with van der Waals surface area (Å²) in [5.74, 6) is -0.569. The summed E-state index contributed by atoms with van der Waals surface area (Å²) in [7, 11) is 0. The Kier molecular flexibility index (Phi) is 6.98. The van der Waals surface area contributed by atoms with Gasteiger partial charge in [0.1, 0.15) is 5.56 Å². The Labute approximate surface area is 188 Å². The Morgan fingerprint density at radius 3 is 2.29 bits per heavy atom. The molecule has 0 aliphatic carbocycles. The van der Waals surface area contributed by atoms with Crippen LogP contribution in [0.25, 0.3) is 0 Å². The van der Waals surface area contributed by atoms with Crippen LogP contribution < -0.4 is 10.7 Å². The van der Waals surface area contributed by atoms with Gasteiger partial charge in [0.25, 0.3) is 5.91 Å². The second kappa shape index (κ2) is 9.18. The Hall–Kier alpha value is -2.09. The van der Waals surface area contributed by atoms with E-state index in [0.29, 0.717) is 46.2 Å². The summed E-state index contributed by atoms with van der Waals surface area (Å²) >= 11 is 3.34. The second-order valence-electron chi connectivity index (χ2n) is 7.84. The van der Waals surface area contributed by atoms with Crippen LogP contribution in [0.15, 0.2) is 21.4 Å². The van der Waals surface area contributed by atoms with E-state index in [1.54, 1.807) is 13.8 Å². The van der Waals surface area contributed by atoms with E-state index in [0.717, 1.165) is 43.6 Å². The van der Waals surface area contributed by atoms with E-state index in [-0.39, 0.29) is 11.0 Å². The van der Waals surface area contributed by atoms with Crippen LogP contribution in [-0.4, -0.2) is 10.5 Å². The number of amides is 1. The van der Waals surface area contributed by atoms with Gasteiger partial charge in [-0.3, -0.25) is 9.59 Å². The van der Waals surface area contributed by atoms with Gasteiger partial charge in [-0.1, -0.05) is 20.3 Å². The lowest BCUT2D eigenvalue weighted by molar-refractivity contribution is -0.137. The smallest absolute Gasteiger partial charge is 0.347 e. The molecule has 1 amide bonds. The molecular weight excluding hydrogens is 473 g/mol. The fourth-order valence-electron chi connectivity index (χ4n) is 4.22. The number of anilines is 1. The number of fused-ring (bicyclic) bond motifs is 1. The lowest BCUT2D eigenvalue weighted by Crippen LogP contribution is -2.30. The molecule has 1 aliphatic rings. The maximum Gasteiger partial charge on any atom is 0.416 e. The zero-order valence-corrected chi connectivity index (χ0v) is 19.5. The highest BCUT2D eigenvalue weighted by atomic mass is 79.9. The molecule has 2 aromatic rings. The number of nitrogens with zero attached hydrogens (tertiary/aromatic N) is 1. The zero-order chi connectivity index (χ0) is 22.9. The van der Waals surface area contributed by atoms with E-state index < -0.39 is 17.6 Å². The van der Waals surface area contributed by atoms with Crippen LogP contribution in [0.3, 0.4) is 0 Å². The molecule has 3 rings (SSSR count). The molecule has 1 aromatic carbocycles. The molecule has 0 fully saturated rings. The van der Waals surface area contributed by atoms with Gasteiger partial charge in [0.2, 0.25) is 5.43 Å². The number of benzene rings is 1. The maximum absolute atomic E-state index is 13.3. The molecule has 0 atom stereocenters. The van der Waals surface area contributed by atoms with Crippen molar-refractivity contribution in [1.82, 2.24) is 4.57 Å². The first-order chi connectivity index (χ1) is 14.6. The van der Waals surface area contributed by atoms with E-state index in [9.17, 15) is 22.8 Å². The fraction of sp³-hybridized carbons (Fsp3) is 0.478. The summed E-state index contributed by atoms with van der Waals surface area (Å²) < 4.78 is 42.3. The van der Waals surface area contributed by atoms with E-state index >= 15 is 0 Å². The summed E-state index contributed by atoms with van der Waals surface area (Å²) in [4.78, 5) is 26.4. The SMILES string of the molecule is CCc1cc(C(F)(F)F)cc(CC)c1NC(=O)c1c2n(c(C)c(Br)c1=O)CCCCC2. The van der Waals surface area contributed by atoms with Crippen LogP contribution >= 0.6 is 15.9 Å². The number of carbonyl (C=O) groups excluding carboxylic acids is 1. The highest BCUT2D eigenvalue weighted by molar-refractivity contribution is 9.10. The molecule has 8 heteroatoms. The highest BCUT2D eigenvalue weighted by Crippen LogP contribution is 2.35. The first kappa shape index (κ1) is 23.6. The number of alkyl halides is 3. The molecule has 0 saturated heterocycles. The number of halogens is 4. The molecule has 4 nitrogen and oxygen atoms in total. The Balaban J connectivity index is 2.13. The van der Waals surface area contributed by atoms with Gasteiger partial charge in [-0.05, 0) is 78.2 Å². The fourth-order valence-corrected chi connectivity index (χ4v) is 4.63. The van der Waals surface area contributed by atoms with Crippen molar-refractivity contribution >= 4 is 27.5 Å². The number of hydrogen-bond acceptors (Lipinski definition) is 2. The van der Waals surface area contributed by atoms with Crippen LogP contribution in [-0.2, 0) is 32.0 Å². The summed E-state index contributed by atoms with van der Waals surface area (Å²) in [6.45, 7) is 6.06. The molecule has 31 heavy (non-hydrogen) atoms. The number of carbonyl (C=O) groups is 1. The van der Waals surface area contributed by atoms with Gasteiger partial charge >= 0.3 is 6.18 Å². The third-order valence-electron chi connectivity index (χ3n) is 5.92. The first-order valence-electron chi connectivity index (χ1n) is 10.6. The topological polar surface area (TPSA) is 51.1 Å². The summed E-state index contributed by atoms with van der Waals surface area (Å²) in [6.07, 6.45) is -0.366. The molecule has 2 heterocycles. The number of hydrogen-bond donors (Lipinski definition) is 1. The molecule has 0 spiro atoms. The van der Waals surface area contributed by atoms with Gasteiger partial charge in [-0.15, -0.1) is 0 Å². The van der Waals surface area contributed by atoms with Crippen LogP contribution in [0, 0.1) is 6.92 Å². The largest absolute Gasteiger partial charge is 0.416 e. The Bertz CT molecular complexity index is 1050. The minimum atomic E-state index is -4.46. The predicted molar refractivity (Wildman–Crippen MR) is 119 cm³/mol. The third-order valence-corrected chi connectivity index (χ3v) is 6.85. The summed E-state index contributed by atoms with van der Waals surface area (Å²) in [6, 6.07) is 2.15. The van der Waals surface area contributed by atoms with Crippen LogP contribution in [0.5, 0.6) is 0 Å². The van der Waals surface area contributed by atoms with Crippen molar-refractivity contribution in [2.24, 2.45) is 0 Å². The van der Waals surface area contributed by atoms with Crippen molar-refractivity contribution in [1.29, 1.82) is 0 Å². The van der Waals surface area contributed by atoms with E-state index in [1.165, 1.54) is 0 Å². The normalized spacial score (nSPS) is 14.2. The predicted octanol–water partition coefficient (Wildman–Crippen LogP) is 6.04. The average molecular weight is 499 g/mol. The molecule has 0 unspecified atom stereocenters. The molecule has 1 N–H and O–H groups in total. The quantitative estimate of drug-likeness (QED) is 0.558. The van der Waals surface area contributed by atoms with Crippen LogP contribution in [0.1, 0.15) is 71.5 Å². The summed E-state index contributed by atoms with van der Waals surface area (Å²) in [5.41, 5.74) is 1.61. The van der Waals surface area contributed by atoms with Gasteiger partial charge in [-0.25, -0.2) is 0 Å². The van der Waals surface area contributed by atoms with Crippen LogP contribution in [0.2, 0.25) is 0 Å². The number of rotatable bonds is 4. The average Bonchev–Trinajstić information content (AvgIpc) is 2.97. The maximum atomic E-state index is 13.3. The number of nitrogens with one attached hydrogen (secondary N) is 1. The standard InChI is InChI=1S/C23H26BrF3N2O2/c1-4-14-11-16(23(25,26)27)12-15(5-2)20(14)28-22(31)18-17-9-7-6-8-10-29(17)13(3)19(24)21(18)30/h11-12H,4-10H2,1-3H3,(H,28,31). The van der Waals surface area contributed by atoms with Crippen molar-refractivity contribution in [3.05, 3.63) is 60.5 Å². The molecule has 0 saturated carbocycles. The summed E-state index contributed by atoms with van der Waals surface area (Å²) in [5, 5.41) is 2.79. The Morgan fingerprint density at radius 1 is 1.13 bits per heavy atom. The molecule has 1 aliphatic heterocycles. The van der Waals surface area contributed by atoms with Crippen molar-refractivity contribution in [2.45, 2.75) is 72.0 Å². The van der Waals surface area contributed by atoms with Gasteiger partial charge in [0, 0.05) is 23.6 Å². The van der Waals surface area contributed by atoms with Gasteiger partial charge in [0.05, 0.1) is 10.0 Å². The van der Waals surface area contributed by atoms with Gasteiger partial charge in [-0.2, -0.15) is 13.2 Å². The second-order valence-corrected chi connectivity index (χ2v) is 8.63. The van der Waals surface area contributed by atoms with Gasteiger partial charge in [0.15, 0.2) is 0 Å². The third kappa shape index (κ3) is 4.59. The first-order valence-corrected chi connectivity index (χ1v) is 11.4. The van der Waals surface area contributed by atoms with Crippen LogP contribution in [0.4, 0.5) is 18.9 Å². The lowest BCUT2D eigenvalue weighted by Gasteiger charge is -2.21. The number of pyridine rings is 1. The Morgan fingerprint density at radius 2 is 1.74 bits per heavy atom. The van der Waals surface area contributed by atoms with E-state index in [4.69, 9.17) is 0 Å². The van der Waals surface area contributed by atoms with Crippen molar-refractivity contribution in [3.63, 3.8) is 0 Å². The number of aryl methyl sites for hydroxylation is 2. The molecular formula is C23H26BrF3N2O2.